The first-order chi connectivity index (χ1) is 6.73. The van der Waals surface area contributed by atoms with Gasteiger partial charge in [0.25, 0.3) is 0 Å². The zero-order chi connectivity index (χ0) is 9.76. The van der Waals surface area contributed by atoms with E-state index in [9.17, 15) is 0 Å². The zero-order valence-electron chi connectivity index (χ0n) is 8.71. The minimum absolute atomic E-state index is 0.452. The number of hydrogen-bond acceptors (Lipinski definition) is 0. The van der Waals surface area contributed by atoms with Crippen molar-refractivity contribution in [1.29, 1.82) is 0 Å². The van der Waals surface area contributed by atoms with E-state index in [-0.39, 0.29) is 0 Å². The van der Waals surface area contributed by atoms with Crippen molar-refractivity contribution in [2.75, 3.05) is 0 Å². The van der Waals surface area contributed by atoms with E-state index in [4.69, 9.17) is 11.6 Å². The summed E-state index contributed by atoms with van der Waals surface area (Å²) in [6.45, 7) is 3.91. The van der Waals surface area contributed by atoms with E-state index in [1.165, 1.54) is 32.1 Å². The standard InChI is InChI=1S/C13H19Cl/c1-2-3-13-7-9-4-10(8-13)6-11(5-9)12(13)14/h2,9-12H,1,3-8H2. The van der Waals surface area contributed by atoms with Crippen molar-refractivity contribution in [3.8, 4) is 0 Å². The van der Waals surface area contributed by atoms with Crippen molar-refractivity contribution in [2.24, 2.45) is 23.2 Å². The van der Waals surface area contributed by atoms with Crippen LogP contribution in [-0.2, 0) is 0 Å². The van der Waals surface area contributed by atoms with Crippen molar-refractivity contribution in [1.82, 2.24) is 0 Å². The highest BCUT2D eigenvalue weighted by molar-refractivity contribution is 6.21. The maximum atomic E-state index is 6.66. The molecule has 0 saturated heterocycles. The van der Waals surface area contributed by atoms with Crippen LogP contribution >= 0.6 is 11.6 Å². The molecule has 14 heavy (non-hydrogen) atoms. The van der Waals surface area contributed by atoms with E-state index in [1.807, 2.05) is 0 Å². The van der Waals surface area contributed by atoms with Crippen molar-refractivity contribution in [3.05, 3.63) is 12.7 Å². The van der Waals surface area contributed by atoms with Gasteiger partial charge in [0.15, 0.2) is 0 Å². The summed E-state index contributed by atoms with van der Waals surface area (Å²) in [6, 6.07) is 0. The Balaban J connectivity index is 1.93. The van der Waals surface area contributed by atoms with Crippen LogP contribution in [0.4, 0.5) is 0 Å². The second-order valence-electron chi connectivity index (χ2n) is 5.86. The van der Waals surface area contributed by atoms with Crippen LogP contribution in [0.3, 0.4) is 0 Å². The van der Waals surface area contributed by atoms with Gasteiger partial charge in [0.2, 0.25) is 0 Å². The molecule has 4 rings (SSSR count). The third-order valence-electron chi connectivity index (χ3n) is 4.88. The molecule has 4 bridgehead atoms. The third kappa shape index (κ3) is 1.13. The Morgan fingerprint density at radius 2 is 1.86 bits per heavy atom. The number of rotatable bonds is 2. The Hall–Kier alpha value is 0.0300. The molecule has 0 aromatic carbocycles. The lowest BCUT2D eigenvalue weighted by molar-refractivity contribution is -0.0456. The fraction of sp³-hybridized carbons (Fsp3) is 0.846. The largest absolute Gasteiger partial charge is 0.122 e. The molecule has 4 fully saturated rings. The molecule has 0 N–H and O–H groups in total. The molecule has 3 unspecified atom stereocenters. The summed E-state index contributed by atoms with van der Waals surface area (Å²) < 4.78 is 0. The quantitative estimate of drug-likeness (QED) is 0.478. The Morgan fingerprint density at radius 1 is 1.21 bits per heavy atom. The van der Waals surface area contributed by atoms with Gasteiger partial charge in [0.05, 0.1) is 0 Å². The summed E-state index contributed by atoms with van der Waals surface area (Å²) in [5.41, 5.74) is 0.456. The number of hydrogen-bond donors (Lipinski definition) is 0. The van der Waals surface area contributed by atoms with E-state index in [2.05, 4.69) is 12.7 Å². The van der Waals surface area contributed by atoms with Gasteiger partial charge in [-0.1, -0.05) is 6.08 Å². The molecule has 4 saturated carbocycles. The monoisotopic (exact) mass is 210 g/mol. The number of halogens is 1. The fourth-order valence-corrected chi connectivity index (χ4v) is 5.19. The van der Waals surface area contributed by atoms with E-state index in [0.29, 0.717) is 10.8 Å². The van der Waals surface area contributed by atoms with E-state index in [1.54, 1.807) is 0 Å². The molecule has 0 amide bonds. The minimum atomic E-state index is 0.452. The summed E-state index contributed by atoms with van der Waals surface area (Å²) >= 11 is 6.66. The van der Waals surface area contributed by atoms with Gasteiger partial charge in [-0.3, -0.25) is 0 Å². The summed E-state index contributed by atoms with van der Waals surface area (Å²) in [7, 11) is 0. The Bertz CT molecular complexity index is 244. The molecule has 0 nitrogen and oxygen atoms in total. The van der Waals surface area contributed by atoms with Crippen LogP contribution < -0.4 is 0 Å². The van der Waals surface area contributed by atoms with Crippen molar-refractivity contribution < 1.29 is 0 Å². The molecular formula is C13H19Cl. The average molecular weight is 211 g/mol. The Labute approximate surface area is 91.7 Å². The first kappa shape index (κ1) is 9.27. The zero-order valence-corrected chi connectivity index (χ0v) is 9.47. The predicted octanol–water partition coefficient (Wildman–Crippen LogP) is 4.00. The molecule has 0 aromatic rings. The summed E-state index contributed by atoms with van der Waals surface area (Å²) in [5, 5.41) is 0.452. The van der Waals surface area contributed by atoms with Crippen LogP contribution in [0.15, 0.2) is 12.7 Å². The van der Waals surface area contributed by atoms with Gasteiger partial charge in [-0.15, -0.1) is 18.2 Å². The molecule has 3 atom stereocenters. The van der Waals surface area contributed by atoms with Crippen LogP contribution in [0.2, 0.25) is 0 Å². The highest BCUT2D eigenvalue weighted by Crippen LogP contribution is 2.63. The van der Waals surface area contributed by atoms with Gasteiger partial charge in [0, 0.05) is 5.38 Å². The van der Waals surface area contributed by atoms with Gasteiger partial charge in [-0.25, -0.2) is 0 Å². The smallest absolute Gasteiger partial charge is 0.0423 e. The molecule has 0 aliphatic heterocycles. The molecule has 1 heteroatoms. The first-order valence-corrected chi connectivity index (χ1v) is 6.42. The van der Waals surface area contributed by atoms with Crippen LogP contribution in [-0.4, -0.2) is 5.38 Å². The normalized spacial score (nSPS) is 54.9. The van der Waals surface area contributed by atoms with Crippen LogP contribution in [0, 0.1) is 23.2 Å². The summed E-state index contributed by atoms with van der Waals surface area (Å²) in [6.07, 6.45) is 10.4. The minimum Gasteiger partial charge on any atom is -0.122 e. The molecule has 4 aliphatic rings. The molecule has 0 spiro atoms. The lowest BCUT2D eigenvalue weighted by atomic mass is 9.48. The highest BCUT2D eigenvalue weighted by Gasteiger charge is 2.55. The molecule has 0 radical (unpaired) electrons. The highest BCUT2D eigenvalue weighted by atomic mass is 35.5. The average Bonchev–Trinajstić information content (AvgIpc) is 2.13. The first-order valence-electron chi connectivity index (χ1n) is 5.98. The molecule has 0 aromatic heterocycles. The van der Waals surface area contributed by atoms with Crippen molar-refractivity contribution in [3.63, 3.8) is 0 Å². The molecular weight excluding hydrogens is 192 g/mol. The second-order valence-corrected chi connectivity index (χ2v) is 6.33. The molecule has 0 heterocycles. The summed E-state index contributed by atoms with van der Waals surface area (Å²) in [4.78, 5) is 0. The predicted molar refractivity (Wildman–Crippen MR) is 60.4 cm³/mol. The third-order valence-corrected chi connectivity index (χ3v) is 5.70. The van der Waals surface area contributed by atoms with Gasteiger partial charge in [-0.05, 0) is 61.7 Å². The van der Waals surface area contributed by atoms with Gasteiger partial charge >= 0.3 is 0 Å². The van der Waals surface area contributed by atoms with E-state index < -0.39 is 0 Å². The van der Waals surface area contributed by atoms with Gasteiger partial charge in [-0.2, -0.15) is 0 Å². The lowest BCUT2D eigenvalue weighted by Gasteiger charge is -2.59. The van der Waals surface area contributed by atoms with Gasteiger partial charge < -0.3 is 0 Å². The van der Waals surface area contributed by atoms with E-state index >= 15 is 0 Å². The second kappa shape index (κ2) is 3.01. The molecule has 4 aliphatic carbocycles. The van der Waals surface area contributed by atoms with E-state index in [0.717, 1.165) is 24.2 Å². The topological polar surface area (TPSA) is 0 Å². The summed E-state index contributed by atoms with van der Waals surface area (Å²) in [5.74, 6) is 2.84. The van der Waals surface area contributed by atoms with Crippen LogP contribution in [0.25, 0.3) is 0 Å². The maximum absolute atomic E-state index is 6.66. The van der Waals surface area contributed by atoms with Crippen LogP contribution in [0.1, 0.15) is 38.5 Å². The van der Waals surface area contributed by atoms with Crippen molar-refractivity contribution >= 4 is 11.6 Å². The Morgan fingerprint density at radius 3 is 2.43 bits per heavy atom. The van der Waals surface area contributed by atoms with Crippen LogP contribution in [0.5, 0.6) is 0 Å². The number of alkyl halides is 1. The molecule has 78 valence electrons. The maximum Gasteiger partial charge on any atom is 0.0423 e. The van der Waals surface area contributed by atoms with Crippen molar-refractivity contribution in [2.45, 2.75) is 43.9 Å². The van der Waals surface area contributed by atoms with Gasteiger partial charge in [0.1, 0.15) is 0 Å². The number of allylic oxidation sites excluding steroid dienone is 1. The fourth-order valence-electron chi connectivity index (χ4n) is 4.71. The Kier molecular flexibility index (Phi) is 1.99. The lowest BCUT2D eigenvalue weighted by Crippen LogP contribution is -2.53. The SMILES string of the molecule is C=CCC12CC3CC(CC(C3)C1Cl)C2.